The van der Waals surface area contributed by atoms with Gasteiger partial charge in [-0.1, -0.05) is 55.3 Å². The topological polar surface area (TPSA) is 72.2 Å². The van der Waals surface area contributed by atoms with Crippen LogP contribution in [-0.2, 0) is 11.2 Å². The minimum Gasteiger partial charge on any atom is -0.397 e. The number of para-hydroxylation sites is 2. The number of nitrogens with one attached hydrogen (secondary N) is 1. The average molecular weight is 364 g/mol. The Morgan fingerprint density at radius 1 is 0.926 bits per heavy atom. The molecule has 0 bridgehead atoms. The lowest BCUT2D eigenvalue weighted by Crippen LogP contribution is -2.12. The number of Topliss-reactive ketones (excluding diaryl/α,β-unsaturated/α-hetero) is 1. The summed E-state index contributed by atoms with van der Waals surface area (Å²) in [6.07, 6.45) is 7.05. The molecular formula is C23H28N2O2. The van der Waals surface area contributed by atoms with Crippen molar-refractivity contribution in [1.29, 1.82) is 0 Å². The fourth-order valence-corrected chi connectivity index (χ4v) is 3.01. The number of amides is 1. The van der Waals surface area contributed by atoms with Crippen molar-refractivity contribution < 1.29 is 9.59 Å². The molecule has 0 heterocycles. The first-order valence-electron chi connectivity index (χ1n) is 9.48. The summed E-state index contributed by atoms with van der Waals surface area (Å²) < 4.78 is 0. The van der Waals surface area contributed by atoms with E-state index in [0.29, 0.717) is 30.6 Å². The molecule has 0 unspecified atom stereocenters. The molecule has 0 aliphatic heterocycles. The minimum atomic E-state index is -0.0256. The van der Waals surface area contributed by atoms with Crippen LogP contribution in [-0.4, -0.2) is 11.7 Å². The highest BCUT2D eigenvalue weighted by Crippen LogP contribution is 2.18. The molecule has 0 aliphatic rings. The summed E-state index contributed by atoms with van der Waals surface area (Å²) in [4.78, 5) is 24.4. The van der Waals surface area contributed by atoms with Crippen LogP contribution >= 0.6 is 0 Å². The maximum atomic E-state index is 12.4. The molecule has 0 radical (unpaired) electrons. The van der Waals surface area contributed by atoms with Crippen molar-refractivity contribution >= 4 is 23.1 Å². The number of hydrogen-bond donors (Lipinski definition) is 2. The molecule has 4 heteroatoms. The van der Waals surface area contributed by atoms with Gasteiger partial charge in [-0.2, -0.15) is 0 Å². The molecule has 0 spiro atoms. The average Bonchev–Trinajstić information content (AvgIpc) is 2.67. The zero-order valence-electron chi connectivity index (χ0n) is 15.7. The zero-order valence-corrected chi connectivity index (χ0v) is 15.7. The van der Waals surface area contributed by atoms with E-state index in [2.05, 4.69) is 11.9 Å². The van der Waals surface area contributed by atoms with E-state index >= 15 is 0 Å². The molecule has 3 N–H and O–H groups in total. The molecule has 0 saturated carbocycles. The number of hydrogen-bond acceptors (Lipinski definition) is 3. The Labute approximate surface area is 161 Å². The number of nitrogens with two attached hydrogens (primary N) is 1. The fourth-order valence-electron chi connectivity index (χ4n) is 3.01. The van der Waals surface area contributed by atoms with Gasteiger partial charge in [0.05, 0.1) is 11.4 Å². The van der Waals surface area contributed by atoms with Crippen LogP contribution in [0.1, 0.15) is 54.4 Å². The second-order valence-electron chi connectivity index (χ2n) is 6.62. The van der Waals surface area contributed by atoms with Gasteiger partial charge in [-0.15, -0.1) is 6.58 Å². The summed E-state index contributed by atoms with van der Waals surface area (Å²) in [7, 11) is 0. The maximum Gasteiger partial charge on any atom is 0.224 e. The van der Waals surface area contributed by atoms with Crippen molar-refractivity contribution in [2.45, 2.75) is 44.9 Å². The molecule has 0 saturated heterocycles. The SMILES string of the molecule is C=CCc1ccccc1C(=O)CCCCCCC(=O)Nc1ccccc1N. The van der Waals surface area contributed by atoms with Crippen LogP contribution < -0.4 is 11.1 Å². The summed E-state index contributed by atoms with van der Waals surface area (Å²) in [5.41, 5.74) is 8.89. The van der Waals surface area contributed by atoms with Gasteiger partial charge in [0.25, 0.3) is 0 Å². The Bertz CT molecular complexity index is 783. The van der Waals surface area contributed by atoms with E-state index in [1.807, 2.05) is 42.5 Å². The van der Waals surface area contributed by atoms with Crippen molar-refractivity contribution in [1.82, 2.24) is 0 Å². The Morgan fingerprint density at radius 2 is 1.59 bits per heavy atom. The summed E-state index contributed by atoms with van der Waals surface area (Å²) in [6.45, 7) is 3.75. The molecule has 0 aromatic heterocycles. The van der Waals surface area contributed by atoms with Crippen molar-refractivity contribution in [3.63, 3.8) is 0 Å². The van der Waals surface area contributed by atoms with Gasteiger partial charge in [-0.05, 0) is 37.0 Å². The first-order valence-corrected chi connectivity index (χ1v) is 9.48. The predicted octanol–water partition coefficient (Wildman–Crippen LogP) is 5.16. The number of rotatable bonds is 11. The number of unbranched alkanes of at least 4 members (excludes halogenated alkanes) is 3. The Balaban J connectivity index is 1.64. The quantitative estimate of drug-likeness (QED) is 0.250. The molecule has 1 amide bonds. The van der Waals surface area contributed by atoms with Gasteiger partial charge in [0.2, 0.25) is 5.91 Å². The Morgan fingerprint density at radius 3 is 2.33 bits per heavy atom. The van der Waals surface area contributed by atoms with Gasteiger partial charge in [0, 0.05) is 18.4 Å². The maximum absolute atomic E-state index is 12.4. The van der Waals surface area contributed by atoms with Gasteiger partial charge >= 0.3 is 0 Å². The van der Waals surface area contributed by atoms with Crippen LogP contribution in [0, 0.1) is 0 Å². The molecule has 0 aliphatic carbocycles. The number of carbonyl (C=O) groups excluding carboxylic acids is 2. The third-order valence-corrected chi connectivity index (χ3v) is 4.47. The number of ketones is 1. The number of allylic oxidation sites excluding steroid dienone is 1. The lowest BCUT2D eigenvalue weighted by Gasteiger charge is -2.08. The Hall–Kier alpha value is -2.88. The predicted molar refractivity (Wildman–Crippen MR) is 112 cm³/mol. The van der Waals surface area contributed by atoms with Gasteiger partial charge in [-0.25, -0.2) is 0 Å². The lowest BCUT2D eigenvalue weighted by molar-refractivity contribution is -0.116. The minimum absolute atomic E-state index is 0.0256. The van der Waals surface area contributed by atoms with Gasteiger partial charge in [0.15, 0.2) is 5.78 Å². The van der Waals surface area contributed by atoms with E-state index < -0.39 is 0 Å². The first-order chi connectivity index (χ1) is 13.1. The number of benzene rings is 2. The van der Waals surface area contributed by atoms with E-state index in [1.165, 1.54) is 0 Å². The van der Waals surface area contributed by atoms with Crippen LogP contribution in [0.25, 0.3) is 0 Å². The Kier molecular flexibility index (Phi) is 8.30. The highest BCUT2D eigenvalue weighted by Gasteiger charge is 2.10. The van der Waals surface area contributed by atoms with Crippen molar-refractivity contribution in [2.24, 2.45) is 0 Å². The van der Waals surface area contributed by atoms with Gasteiger partial charge in [0.1, 0.15) is 0 Å². The molecule has 2 aromatic rings. The molecule has 4 nitrogen and oxygen atoms in total. The van der Waals surface area contributed by atoms with E-state index in [0.717, 1.165) is 36.8 Å². The summed E-state index contributed by atoms with van der Waals surface area (Å²) >= 11 is 0. The highest BCUT2D eigenvalue weighted by atomic mass is 16.1. The third kappa shape index (κ3) is 6.74. The lowest BCUT2D eigenvalue weighted by atomic mass is 9.97. The van der Waals surface area contributed by atoms with Crippen molar-refractivity contribution in [2.75, 3.05) is 11.1 Å². The summed E-state index contributed by atoms with van der Waals surface area (Å²) in [6, 6.07) is 15.0. The normalized spacial score (nSPS) is 10.4. The van der Waals surface area contributed by atoms with Gasteiger partial charge < -0.3 is 11.1 Å². The largest absolute Gasteiger partial charge is 0.397 e. The highest BCUT2D eigenvalue weighted by molar-refractivity contribution is 5.97. The van der Waals surface area contributed by atoms with E-state index in [-0.39, 0.29) is 11.7 Å². The second kappa shape index (κ2) is 11.0. The smallest absolute Gasteiger partial charge is 0.224 e. The van der Waals surface area contributed by atoms with Crippen LogP contribution in [0.4, 0.5) is 11.4 Å². The second-order valence-corrected chi connectivity index (χ2v) is 6.62. The monoisotopic (exact) mass is 364 g/mol. The number of nitrogen functional groups attached to an aromatic ring is 1. The molecule has 27 heavy (non-hydrogen) atoms. The molecular weight excluding hydrogens is 336 g/mol. The number of carbonyl (C=O) groups is 2. The van der Waals surface area contributed by atoms with Crippen molar-refractivity contribution in [3.05, 3.63) is 72.3 Å². The van der Waals surface area contributed by atoms with Crippen LogP contribution in [0.15, 0.2) is 61.2 Å². The van der Waals surface area contributed by atoms with E-state index in [1.54, 1.807) is 12.1 Å². The number of anilines is 2. The summed E-state index contributed by atoms with van der Waals surface area (Å²) in [5, 5.41) is 2.83. The van der Waals surface area contributed by atoms with Crippen LogP contribution in [0.3, 0.4) is 0 Å². The third-order valence-electron chi connectivity index (χ3n) is 4.47. The van der Waals surface area contributed by atoms with Crippen LogP contribution in [0.5, 0.6) is 0 Å². The molecule has 2 rings (SSSR count). The van der Waals surface area contributed by atoms with Gasteiger partial charge in [-0.3, -0.25) is 9.59 Å². The molecule has 142 valence electrons. The standard InChI is InChI=1S/C23H28N2O2/c1-2-11-18-12-7-8-13-19(18)22(26)16-5-3-4-6-17-23(27)25-21-15-10-9-14-20(21)24/h2,7-10,12-15H,1,3-6,11,16-17,24H2,(H,25,27). The van der Waals surface area contributed by atoms with Crippen LogP contribution in [0.2, 0.25) is 0 Å². The van der Waals surface area contributed by atoms with E-state index in [4.69, 9.17) is 5.73 Å². The summed E-state index contributed by atoms with van der Waals surface area (Å²) in [5.74, 6) is 0.159. The van der Waals surface area contributed by atoms with E-state index in [9.17, 15) is 9.59 Å². The van der Waals surface area contributed by atoms with Crippen molar-refractivity contribution in [3.8, 4) is 0 Å². The molecule has 0 fully saturated rings. The molecule has 0 atom stereocenters. The first kappa shape index (κ1) is 20.4. The molecule has 2 aromatic carbocycles. The zero-order chi connectivity index (χ0) is 19.5. The fraction of sp³-hybridized carbons (Fsp3) is 0.304.